The Morgan fingerprint density at radius 1 is 1.41 bits per heavy atom. The molecule has 1 heterocycles. The Balaban J connectivity index is 1.74. The molecule has 0 radical (unpaired) electrons. The molecule has 2 fully saturated rings. The van der Waals surface area contributed by atoms with E-state index in [1.807, 2.05) is 13.0 Å². The quantitative estimate of drug-likeness (QED) is 0.719. The lowest BCUT2D eigenvalue weighted by Crippen LogP contribution is -2.40. The Kier molecular flexibility index (Phi) is 5.03. The first-order chi connectivity index (χ1) is 10.7. The van der Waals surface area contributed by atoms with Crippen molar-refractivity contribution in [2.75, 3.05) is 13.2 Å². The molecular formula is C17H27NO4. The minimum Gasteiger partial charge on any atom is -0.459 e. The van der Waals surface area contributed by atoms with Crippen molar-refractivity contribution in [2.24, 2.45) is 17.8 Å². The third-order valence-corrected chi connectivity index (χ3v) is 4.76. The fraction of sp³-hybridized carbons (Fsp3) is 0.824. The van der Waals surface area contributed by atoms with Gasteiger partial charge in [0.1, 0.15) is 0 Å². The van der Waals surface area contributed by atoms with E-state index >= 15 is 0 Å². The molecule has 3 rings (SSSR count). The molecule has 1 amide bonds. The number of amides is 1. The lowest BCUT2D eigenvalue weighted by Gasteiger charge is -2.37. The molecule has 5 heteroatoms. The lowest BCUT2D eigenvalue weighted by molar-refractivity contribution is -0.173. The van der Waals surface area contributed by atoms with Crippen LogP contribution in [0, 0.1) is 17.8 Å². The van der Waals surface area contributed by atoms with Gasteiger partial charge in [0.05, 0.1) is 0 Å². The van der Waals surface area contributed by atoms with Crippen molar-refractivity contribution in [3.05, 3.63) is 11.8 Å². The van der Waals surface area contributed by atoms with Gasteiger partial charge in [-0.2, -0.15) is 0 Å². The second kappa shape index (κ2) is 7.01. The van der Waals surface area contributed by atoms with Gasteiger partial charge in [0, 0.05) is 25.2 Å². The van der Waals surface area contributed by atoms with E-state index in [-0.39, 0.29) is 24.7 Å². The Bertz CT molecular complexity index is 428. The summed E-state index contributed by atoms with van der Waals surface area (Å²) in [6, 6.07) is 0.328. The topological polar surface area (TPSA) is 67.8 Å². The molecule has 3 atom stereocenters. The van der Waals surface area contributed by atoms with Crippen LogP contribution in [0.3, 0.4) is 0 Å². The van der Waals surface area contributed by atoms with Crippen molar-refractivity contribution in [2.45, 2.75) is 57.8 Å². The molecule has 2 aliphatic carbocycles. The first kappa shape index (κ1) is 15.8. The molecule has 3 aliphatic rings. The minimum absolute atomic E-state index is 0.0986. The summed E-state index contributed by atoms with van der Waals surface area (Å²) in [6.07, 6.45) is 7.84. The summed E-state index contributed by atoms with van der Waals surface area (Å²) in [5.74, 6) is 1.54. The summed E-state index contributed by atoms with van der Waals surface area (Å²) in [4.78, 5) is 12.3. The van der Waals surface area contributed by atoms with Gasteiger partial charge in [0.2, 0.25) is 6.29 Å². The van der Waals surface area contributed by atoms with Crippen molar-refractivity contribution in [1.82, 2.24) is 5.32 Å². The van der Waals surface area contributed by atoms with Gasteiger partial charge in [-0.1, -0.05) is 0 Å². The van der Waals surface area contributed by atoms with Gasteiger partial charge >= 0.3 is 0 Å². The number of hydrogen-bond acceptors (Lipinski definition) is 4. The van der Waals surface area contributed by atoms with Gasteiger partial charge in [-0.3, -0.25) is 4.79 Å². The summed E-state index contributed by atoms with van der Waals surface area (Å²) in [5, 5.41) is 12.1. The zero-order valence-corrected chi connectivity index (χ0v) is 13.3. The van der Waals surface area contributed by atoms with Crippen molar-refractivity contribution in [1.29, 1.82) is 0 Å². The van der Waals surface area contributed by atoms with Crippen LogP contribution in [0.25, 0.3) is 0 Å². The number of rotatable bonds is 8. The van der Waals surface area contributed by atoms with E-state index in [4.69, 9.17) is 14.6 Å². The van der Waals surface area contributed by atoms with Crippen LogP contribution in [-0.4, -0.2) is 36.6 Å². The molecule has 0 spiro atoms. The molecule has 124 valence electrons. The number of allylic oxidation sites excluding steroid dienone is 1. The van der Waals surface area contributed by atoms with Gasteiger partial charge < -0.3 is 19.9 Å². The molecule has 0 aromatic heterocycles. The number of hydrogen-bond donors (Lipinski definition) is 2. The standard InChI is InChI=1S/C17H27NO4/c1-2-21-17-13(4-3-9-19)14(11-5-6-11)10-15(22-17)16(20)18-12-7-8-12/h10-14,17,19H,2-9H2,1H3,(H,18,20)/t13-,14-,17-/m0/s1. The maximum atomic E-state index is 12.3. The Hall–Kier alpha value is -1.07. The molecule has 0 aromatic carbocycles. The van der Waals surface area contributed by atoms with Crippen molar-refractivity contribution in [3.63, 3.8) is 0 Å². The number of aliphatic hydroxyl groups excluding tert-OH is 1. The number of carbonyl (C=O) groups excluding carboxylic acids is 1. The molecule has 2 saturated carbocycles. The smallest absolute Gasteiger partial charge is 0.286 e. The van der Waals surface area contributed by atoms with E-state index in [1.54, 1.807) is 0 Å². The normalized spacial score (nSPS) is 31.4. The summed E-state index contributed by atoms with van der Waals surface area (Å²) in [6.45, 7) is 2.70. The molecule has 1 aliphatic heterocycles. The summed E-state index contributed by atoms with van der Waals surface area (Å²) in [7, 11) is 0. The predicted octanol–water partition coefficient (Wildman–Crippen LogP) is 1.96. The fourth-order valence-electron chi connectivity index (χ4n) is 3.29. The lowest BCUT2D eigenvalue weighted by atomic mass is 9.82. The van der Waals surface area contributed by atoms with Gasteiger partial charge in [-0.25, -0.2) is 0 Å². The first-order valence-corrected chi connectivity index (χ1v) is 8.64. The number of ether oxygens (including phenoxy) is 2. The Morgan fingerprint density at radius 3 is 2.77 bits per heavy atom. The highest BCUT2D eigenvalue weighted by atomic mass is 16.7. The van der Waals surface area contributed by atoms with Crippen LogP contribution in [0.4, 0.5) is 0 Å². The van der Waals surface area contributed by atoms with Gasteiger partial charge in [0.25, 0.3) is 5.91 Å². The van der Waals surface area contributed by atoms with Crippen LogP contribution in [0.15, 0.2) is 11.8 Å². The highest BCUT2D eigenvalue weighted by molar-refractivity contribution is 5.92. The van der Waals surface area contributed by atoms with Gasteiger partial charge in [0.15, 0.2) is 5.76 Å². The van der Waals surface area contributed by atoms with Crippen LogP contribution in [0.1, 0.15) is 45.4 Å². The maximum absolute atomic E-state index is 12.3. The highest BCUT2D eigenvalue weighted by Gasteiger charge is 2.44. The molecule has 0 bridgehead atoms. The predicted molar refractivity (Wildman–Crippen MR) is 81.8 cm³/mol. The highest BCUT2D eigenvalue weighted by Crippen LogP contribution is 2.47. The minimum atomic E-state index is -0.368. The average molecular weight is 309 g/mol. The number of aliphatic hydroxyl groups is 1. The molecular weight excluding hydrogens is 282 g/mol. The Labute approximate surface area is 132 Å². The zero-order chi connectivity index (χ0) is 15.5. The van der Waals surface area contributed by atoms with E-state index in [2.05, 4.69) is 5.32 Å². The largest absolute Gasteiger partial charge is 0.459 e. The molecule has 0 saturated heterocycles. The molecule has 5 nitrogen and oxygen atoms in total. The van der Waals surface area contributed by atoms with Crippen molar-refractivity contribution >= 4 is 5.91 Å². The zero-order valence-electron chi connectivity index (χ0n) is 13.3. The molecule has 0 unspecified atom stereocenters. The van der Waals surface area contributed by atoms with Crippen LogP contribution in [0.5, 0.6) is 0 Å². The monoisotopic (exact) mass is 309 g/mol. The molecule has 2 N–H and O–H groups in total. The molecule has 0 aromatic rings. The van der Waals surface area contributed by atoms with E-state index in [0.717, 1.165) is 25.7 Å². The van der Waals surface area contributed by atoms with E-state index in [0.29, 0.717) is 30.2 Å². The van der Waals surface area contributed by atoms with E-state index in [1.165, 1.54) is 12.8 Å². The number of nitrogens with one attached hydrogen (secondary N) is 1. The second-order valence-electron chi connectivity index (χ2n) is 6.66. The number of carbonyl (C=O) groups is 1. The second-order valence-corrected chi connectivity index (χ2v) is 6.66. The summed E-state index contributed by atoms with van der Waals surface area (Å²) in [5.41, 5.74) is 0. The summed E-state index contributed by atoms with van der Waals surface area (Å²) >= 11 is 0. The Morgan fingerprint density at radius 2 is 2.18 bits per heavy atom. The SMILES string of the molecule is CCO[C@H]1OC(C(=O)NC2CC2)=C[C@@H](C2CC2)[C@@H]1CCCO. The average Bonchev–Trinajstić information content (AvgIpc) is 3.38. The van der Waals surface area contributed by atoms with Gasteiger partial charge in [-0.15, -0.1) is 0 Å². The van der Waals surface area contributed by atoms with Crippen molar-refractivity contribution < 1.29 is 19.4 Å². The van der Waals surface area contributed by atoms with Crippen LogP contribution in [-0.2, 0) is 14.3 Å². The summed E-state index contributed by atoms with van der Waals surface area (Å²) < 4.78 is 11.7. The first-order valence-electron chi connectivity index (χ1n) is 8.64. The van der Waals surface area contributed by atoms with E-state index in [9.17, 15) is 4.79 Å². The van der Waals surface area contributed by atoms with Gasteiger partial charge in [-0.05, 0) is 63.4 Å². The van der Waals surface area contributed by atoms with E-state index < -0.39 is 0 Å². The van der Waals surface area contributed by atoms with Crippen LogP contribution >= 0.6 is 0 Å². The maximum Gasteiger partial charge on any atom is 0.286 e. The molecule has 22 heavy (non-hydrogen) atoms. The van der Waals surface area contributed by atoms with Crippen LogP contribution < -0.4 is 5.32 Å². The third-order valence-electron chi connectivity index (χ3n) is 4.76. The third kappa shape index (κ3) is 3.82. The van der Waals surface area contributed by atoms with Crippen LogP contribution in [0.2, 0.25) is 0 Å². The van der Waals surface area contributed by atoms with Crippen molar-refractivity contribution in [3.8, 4) is 0 Å². The fourth-order valence-corrected chi connectivity index (χ4v) is 3.29.